The van der Waals surface area contributed by atoms with E-state index in [4.69, 9.17) is 0 Å². The summed E-state index contributed by atoms with van der Waals surface area (Å²) >= 11 is 2.82. The molecule has 8 heteroatoms. The molecule has 21 heavy (non-hydrogen) atoms. The topological polar surface area (TPSA) is 24.9 Å². The van der Waals surface area contributed by atoms with Crippen LogP contribution in [0.15, 0.2) is 16.7 Å². The van der Waals surface area contributed by atoms with Gasteiger partial charge in [0.25, 0.3) is 0 Å². The molecule has 0 aromatic carbocycles. The number of alkyl halides is 5. The van der Waals surface area contributed by atoms with Gasteiger partial charge < -0.3 is 5.32 Å². The molecule has 0 bridgehead atoms. The van der Waals surface area contributed by atoms with E-state index in [1.54, 1.807) is 0 Å². The lowest BCUT2D eigenvalue weighted by Crippen LogP contribution is -2.57. The third-order valence-electron chi connectivity index (χ3n) is 4.14. The van der Waals surface area contributed by atoms with Crippen LogP contribution in [-0.4, -0.2) is 16.9 Å². The molecule has 0 radical (unpaired) electrons. The Morgan fingerprint density at radius 2 is 1.86 bits per heavy atom. The lowest BCUT2D eigenvalue weighted by Gasteiger charge is -2.57. The molecule has 2 saturated carbocycles. The summed E-state index contributed by atoms with van der Waals surface area (Å²) in [6.07, 6.45) is -2.48. The molecule has 0 saturated heterocycles. The zero-order valence-corrected chi connectivity index (χ0v) is 12.4. The van der Waals surface area contributed by atoms with Gasteiger partial charge in [0.2, 0.25) is 5.92 Å². The van der Waals surface area contributed by atoms with Crippen LogP contribution < -0.4 is 5.32 Å². The van der Waals surface area contributed by atoms with Gasteiger partial charge in [-0.15, -0.1) is 0 Å². The van der Waals surface area contributed by atoms with Crippen LogP contribution in [0, 0.1) is 5.41 Å². The van der Waals surface area contributed by atoms with Crippen molar-refractivity contribution in [1.82, 2.24) is 4.98 Å². The van der Waals surface area contributed by atoms with Crippen LogP contribution in [0.2, 0.25) is 0 Å². The average Bonchev–Trinajstić information content (AvgIpc) is 2.25. The summed E-state index contributed by atoms with van der Waals surface area (Å²) in [5, 5.41) is 2.89. The van der Waals surface area contributed by atoms with Crippen LogP contribution in [0.3, 0.4) is 0 Å². The highest BCUT2D eigenvalue weighted by molar-refractivity contribution is 9.10. The maximum atomic E-state index is 12.9. The van der Waals surface area contributed by atoms with Crippen LogP contribution in [-0.2, 0) is 6.18 Å². The van der Waals surface area contributed by atoms with E-state index < -0.39 is 17.7 Å². The van der Waals surface area contributed by atoms with Gasteiger partial charge in [-0.05, 0) is 40.3 Å². The molecule has 2 aliphatic carbocycles. The Bertz CT molecular complexity index is 556. The van der Waals surface area contributed by atoms with Crippen LogP contribution in [0.25, 0.3) is 0 Å². The van der Waals surface area contributed by atoms with Gasteiger partial charge in [-0.25, -0.2) is 13.8 Å². The van der Waals surface area contributed by atoms with Gasteiger partial charge in [0, 0.05) is 29.6 Å². The number of aromatic nitrogens is 1. The Kier molecular flexibility index (Phi) is 3.24. The van der Waals surface area contributed by atoms with Gasteiger partial charge in [0.05, 0.1) is 5.56 Å². The molecular formula is C13H12BrF5N2. The number of anilines is 1. The molecule has 116 valence electrons. The molecule has 2 fully saturated rings. The van der Waals surface area contributed by atoms with Crippen LogP contribution in [0.1, 0.15) is 31.2 Å². The number of rotatable bonds is 2. The van der Waals surface area contributed by atoms with E-state index in [1.807, 2.05) is 0 Å². The molecule has 3 rings (SSSR count). The average molecular weight is 371 g/mol. The van der Waals surface area contributed by atoms with E-state index in [0.717, 1.165) is 12.3 Å². The molecule has 2 aliphatic rings. The SMILES string of the molecule is FC1(F)CC2(CC(Nc3cc(C(F)(F)F)c(Br)cn3)C2)C1. The van der Waals surface area contributed by atoms with Crippen molar-refractivity contribution >= 4 is 21.7 Å². The van der Waals surface area contributed by atoms with E-state index in [2.05, 4.69) is 26.2 Å². The predicted molar refractivity (Wildman–Crippen MR) is 70.2 cm³/mol. The third kappa shape index (κ3) is 2.86. The first-order chi connectivity index (χ1) is 9.59. The van der Waals surface area contributed by atoms with Gasteiger partial charge >= 0.3 is 6.18 Å². The number of hydrogen-bond donors (Lipinski definition) is 1. The van der Waals surface area contributed by atoms with Crippen LogP contribution in [0.4, 0.5) is 27.8 Å². The highest BCUT2D eigenvalue weighted by atomic mass is 79.9. The van der Waals surface area contributed by atoms with Crippen LogP contribution >= 0.6 is 15.9 Å². The van der Waals surface area contributed by atoms with E-state index in [-0.39, 0.29) is 34.6 Å². The summed E-state index contributed by atoms with van der Waals surface area (Å²) in [6.45, 7) is 0. The highest BCUT2D eigenvalue weighted by Gasteiger charge is 2.61. The molecule has 0 atom stereocenters. The summed E-state index contributed by atoms with van der Waals surface area (Å²) in [7, 11) is 0. The summed E-state index contributed by atoms with van der Waals surface area (Å²) in [6, 6.07) is 0.848. The molecule has 1 aromatic rings. The monoisotopic (exact) mass is 370 g/mol. The molecule has 1 aromatic heterocycles. The summed E-state index contributed by atoms with van der Waals surface area (Å²) < 4.78 is 63.9. The summed E-state index contributed by atoms with van der Waals surface area (Å²) in [5.74, 6) is -2.44. The van der Waals surface area contributed by atoms with Gasteiger partial charge in [-0.1, -0.05) is 0 Å². The maximum Gasteiger partial charge on any atom is 0.417 e. The Labute approximate surface area is 126 Å². The Hall–Kier alpha value is -0.920. The number of nitrogens with zero attached hydrogens (tertiary/aromatic N) is 1. The smallest absolute Gasteiger partial charge is 0.367 e. The lowest BCUT2D eigenvalue weighted by molar-refractivity contribution is -0.193. The van der Waals surface area contributed by atoms with Crippen molar-refractivity contribution in [2.75, 3.05) is 5.32 Å². The normalized spacial score (nSPS) is 23.5. The minimum Gasteiger partial charge on any atom is -0.367 e. The lowest BCUT2D eigenvalue weighted by atomic mass is 9.52. The highest BCUT2D eigenvalue weighted by Crippen LogP contribution is 2.62. The number of halogens is 6. The first kappa shape index (κ1) is 15.0. The van der Waals surface area contributed by atoms with Crippen molar-refractivity contribution in [3.63, 3.8) is 0 Å². The molecular weight excluding hydrogens is 359 g/mol. The summed E-state index contributed by atoms with van der Waals surface area (Å²) in [4.78, 5) is 3.89. The molecule has 1 heterocycles. The zero-order chi connectivity index (χ0) is 15.5. The van der Waals surface area contributed by atoms with E-state index >= 15 is 0 Å². The Balaban J connectivity index is 1.63. The third-order valence-corrected chi connectivity index (χ3v) is 4.77. The van der Waals surface area contributed by atoms with E-state index in [0.29, 0.717) is 12.8 Å². The van der Waals surface area contributed by atoms with Gasteiger partial charge in [-0.3, -0.25) is 0 Å². The second-order valence-corrected chi connectivity index (χ2v) is 6.86. The number of pyridine rings is 1. The van der Waals surface area contributed by atoms with Crippen molar-refractivity contribution in [3.05, 3.63) is 22.3 Å². The van der Waals surface area contributed by atoms with Gasteiger partial charge in [-0.2, -0.15) is 13.2 Å². The second-order valence-electron chi connectivity index (χ2n) is 6.01. The van der Waals surface area contributed by atoms with Gasteiger partial charge in [0.15, 0.2) is 0 Å². The summed E-state index contributed by atoms with van der Waals surface area (Å²) in [5.41, 5.74) is -1.12. The second kappa shape index (κ2) is 4.54. The van der Waals surface area contributed by atoms with Crippen molar-refractivity contribution in [1.29, 1.82) is 0 Å². The minimum absolute atomic E-state index is 0.0872. The number of nitrogens with one attached hydrogen (secondary N) is 1. The Morgan fingerprint density at radius 1 is 1.24 bits per heavy atom. The molecule has 0 unspecified atom stereocenters. The zero-order valence-electron chi connectivity index (χ0n) is 10.8. The van der Waals surface area contributed by atoms with E-state index in [9.17, 15) is 22.0 Å². The first-order valence-corrected chi connectivity index (χ1v) is 7.25. The van der Waals surface area contributed by atoms with Crippen molar-refractivity contribution in [2.24, 2.45) is 5.41 Å². The van der Waals surface area contributed by atoms with Crippen molar-refractivity contribution < 1.29 is 22.0 Å². The van der Waals surface area contributed by atoms with E-state index in [1.165, 1.54) is 0 Å². The quantitative estimate of drug-likeness (QED) is 0.752. The molecule has 1 N–H and O–H groups in total. The molecule has 0 amide bonds. The Morgan fingerprint density at radius 3 is 2.38 bits per heavy atom. The maximum absolute atomic E-state index is 12.9. The molecule has 0 aliphatic heterocycles. The predicted octanol–water partition coefficient (Wildman–Crippen LogP) is 4.85. The van der Waals surface area contributed by atoms with Crippen molar-refractivity contribution in [2.45, 2.75) is 43.8 Å². The molecule has 2 nitrogen and oxygen atoms in total. The number of hydrogen-bond acceptors (Lipinski definition) is 2. The fourth-order valence-corrected chi connectivity index (χ4v) is 3.81. The standard InChI is InChI=1S/C13H12BrF5N2/c14-9-4-20-10(1-8(9)13(17,18)19)21-7-2-11(3-7)5-12(15,16)6-11/h1,4,7H,2-3,5-6H2,(H,20,21). The van der Waals surface area contributed by atoms with Gasteiger partial charge in [0.1, 0.15) is 5.82 Å². The fourth-order valence-electron chi connectivity index (χ4n) is 3.37. The molecule has 1 spiro atoms. The van der Waals surface area contributed by atoms with Crippen molar-refractivity contribution in [3.8, 4) is 0 Å². The minimum atomic E-state index is -4.46. The first-order valence-electron chi connectivity index (χ1n) is 6.46. The fraction of sp³-hybridized carbons (Fsp3) is 0.615. The van der Waals surface area contributed by atoms with Crippen LogP contribution in [0.5, 0.6) is 0 Å². The largest absolute Gasteiger partial charge is 0.417 e.